The number of halogens is 2. The van der Waals surface area contributed by atoms with Crippen molar-refractivity contribution in [3.63, 3.8) is 0 Å². The van der Waals surface area contributed by atoms with Gasteiger partial charge in [0.15, 0.2) is 42.0 Å². The molecule has 318 valence electrons. The van der Waals surface area contributed by atoms with Gasteiger partial charge < -0.3 is 24.8 Å². The Labute approximate surface area is 343 Å². The molecule has 10 atom stereocenters. The highest BCUT2D eigenvalue weighted by molar-refractivity contribution is 8.54. The third-order valence-corrected chi connectivity index (χ3v) is 14.6. The Morgan fingerprint density at radius 3 is 2.47 bits per heavy atom. The van der Waals surface area contributed by atoms with Crippen LogP contribution < -0.4 is 10.5 Å². The van der Waals surface area contributed by atoms with Crippen molar-refractivity contribution in [2.24, 2.45) is 0 Å². The number of aryl methyl sites for hydroxylation is 2. The number of nitrogens with zero attached hydrogens (tertiary/aromatic N) is 5. The molecule has 2 aromatic carbocycles. The summed E-state index contributed by atoms with van der Waals surface area (Å²) in [6.07, 6.45) is -11.1. The molecule has 3 fully saturated rings. The Bertz CT molecular complexity index is 2460. The van der Waals surface area contributed by atoms with Gasteiger partial charge in [-0.15, -0.1) is 0 Å². The second-order valence-electron chi connectivity index (χ2n) is 14.1. The topological polar surface area (TPSA) is 243 Å². The van der Waals surface area contributed by atoms with Gasteiger partial charge in [-0.2, -0.15) is 0 Å². The van der Waals surface area contributed by atoms with Gasteiger partial charge in [-0.05, 0) is 60.6 Å². The number of nitrogens with two attached hydrogens (primary N) is 1. The highest BCUT2D eigenvalue weighted by Crippen LogP contribution is 2.64. The summed E-state index contributed by atoms with van der Waals surface area (Å²) in [4.78, 5) is 61.3. The van der Waals surface area contributed by atoms with E-state index in [4.69, 9.17) is 38.0 Å². The van der Waals surface area contributed by atoms with Crippen LogP contribution in [0.1, 0.15) is 39.7 Å². The zero-order valence-corrected chi connectivity index (χ0v) is 34.1. The molecule has 3 saturated heterocycles. The molecular formula is C36H36F2N6O13P2S. The van der Waals surface area contributed by atoms with E-state index >= 15 is 8.78 Å². The Kier molecular flexibility index (Phi) is 11.8. The molecule has 4 aliphatic rings. The van der Waals surface area contributed by atoms with Crippen molar-refractivity contribution in [2.45, 2.75) is 75.2 Å². The van der Waals surface area contributed by atoms with Crippen molar-refractivity contribution >= 4 is 60.6 Å². The van der Waals surface area contributed by atoms with E-state index < -0.39 is 101 Å². The maximum Gasteiger partial charge on any atom is 0.472 e. The molecule has 4 aliphatic heterocycles. The van der Waals surface area contributed by atoms with E-state index in [1.807, 2.05) is 13.0 Å². The number of ketones is 1. The quantitative estimate of drug-likeness (QED) is 0.109. The number of carbonyl (C=O) groups excluding carboxylic acids is 3. The van der Waals surface area contributed by atoms with Crippen LogP contribution in [-0.2, 0) is 52.0 Å². The number of allylic oxidation sites excluding steroid dienone is 1. The molecule has 19 nitrogen and oxygen atoms in total. The van der Waals surface area contributed by atoms with Crippen molar-refractivity contribution < 1.29 is 69.5 Å². The van der Waals surface area contributed by atoms with Gasteiger partial charge in [-0.3, -0.25) is 37.2 Å². The molecule has 0 radical (unpaired) electrons. The van der Waals surface area contributed by atoms with Crippen LogP contribution in [0.15, 0.2) is 67.4 Å². The largest absolute Gasteiger partial charge is 0.472 e. The summed E-state index contributed by atoms with van der Waals surface area (Å²) in [6.45, 7) is -2.71. The highest BCUT2D eigenvalue weighted by Gasteiger charge is 2.56. The minimum atomic E-state index is -5.28. The number of rotatable bonds is 7. The number of phosphoric ester groups is 1. The summed E-state index contributed by atoms with van der Waals surface area (Å²) in [7, 11) is -5.28. The molecule has 1 amide bonds. The third-order valence-electron chi connectivity index (χ3n) is 9.93. The minimum absolute atomic E-state index is 0.0100. The minimum Gasteiger partial charge on any atom is -0.423 e. The number of anilines is 1. The average Bonchev–Trinajstić information content (AvgIpc) is 3.86. The molecule has 0 aliphatic carbocycles. The SMILES string of the molecule is Cc1ccc(C(=O)Oc2ccc(CS[P@@]3(=O)OC[C@H]4O[C@@H](N5C=CC(=O)CC5=O)[C@H](OP(=O)(O)OC[C@H]5O[C@@H](n6cnc7c(N)ncnc76)[C@H](F)[C@@H]5O3)[C@@H]4F)cc2)c(C)c1. The first-order valence-corrected chi connectivity index (χ1v) is 22.9. The number of hydrogen-bond donors (Lipinski definition) is 2. The molecule has 2 bridgehead atoms. The summed E-state index contributed by atoms with van der Waals surface area (Å²) in [5.74, 6) is -1.82. The standard InChI is InChI=1S/C36H36F2N6O13P2S/c1-18-3-8-23(19(2)11-18)36(47)53-22-6-4-20(5-7-22)15-60-59(50)52-13-24-27(37)31(35(54-24)43-10-9-21(45)12-26(43)46)56-58(48,49)51-14-25-30(57-59)28(38)34(55-25)44-17-42-29-32(39)40-16-41-33(29)44/h3-11,16-17,24-25,27-28,30-31,34-35H,12-15H2,1-2H3,(H,48,49)(H2,39,40,41)/t24-,25-,27-,28-,30-,31-,34-,35-,59+/m1/s1. The normalized spacial score (nSPS) is 32.3. The highest BCUT2D eigenvalue weighted by atomic mass is 32.7. The Balaban J connectivity index is 1.07. The number of carbonyl (C=O) groups is 3. The number of ether oxygens (including phenoxy) is 3. The number of aromatic nitrogens is 4. The second kappa shape index (κ2) is 16.8. The number of benzene rings is 2. The van der Waals surface area contributed by atoms with Crippen molar-refractivity contribution in [3.05, 3.63) is 89.6 Å². The number of fused-ring (bicyclic) bond motifs is 4. The van der Waals surface area contributed by atoms with Gasteiger partial charge in [0.05, 0.1) is 31.5 Å². The fourth-order valence-electron chi connectivity index (χ4n) is 6.95. The fourth-order valence-corrected chi connectivity index (χ4v) is 11.3. The molecule has 2 aromatic heterocycles. The molecule has 6 heterocycles. The third kappa shape index (κ3) is 8.67. The first-order valence-electron chi connectivity index (χ1n) is 18.2. The molecule has 24 heteroatoms. The summed E-state index contributed by atoms with van der Waals surface area (Å²) in [5.41, 5.74) is 8.74. The molecule has 8 rings (SSSR count). The Morgan fingerprint density at radius 2 is 1.72 bits per heavy atom. The van der Waals surface area contributed by atoms with Crippen LogP contribution >= 0.6 is 26.0 Å². The lowest BCUT2D eigenvalue weighted by Crippen LogP contribution is -2.46. The van der Waals surface area contributed by atoms with Gasteiger partial charge in [0.25, 0.3) is 0 Å². The van der Waals surface area contributed by atoms with Crippen LogP contribution in [0.4, 0.5) is 14.6 Å². The van der Waals surface area contributed by atoms with Gasteiger partial charge in [0.1, 0.15) is 42.0 Å². The molecule has 0 spiro atoms. The predicted octanol–water partition coefficient (Wildman–Crippen LogP) is 4.82. The van der Waals surface area contributed by atoms with E-state index in [-0.39, 0.29) is 28.5 Å². The number of imidazole rings is 1. The lowest BCUT2D eigenvalue weighted by atomic mass is 10.1. The van der Waals surface area contributed by atoms with Crippen molar-refractivity contribution in [3.8, 4) is 5.75 Å². The second-order valence-corrected chi connectivity index (χ2v) is 19.6. The number of esters is 1. The van der Waals surface area contributed by atoms with Gasteiger partial charge in [-0.1, -0.05) is 29.8 Å². The number of alkyl halides is 2. The van der Waals surface area contributed by atoms with E-state index in [1.54, 1.807) is 31.2 Å². The molecule has 4 aromatic rings. The summed E-state index contributed by atoms with van der Waals surface area (Å²) in [6, 6.07) is 11.5. The van der Waals surface area contributed by atoms with Crippen molar-refractivity contribution in [1.82, 2.24) is 24.4 Å². The van der Waals surface area contributed by atoms with E-state index in [0.717, 1.165) is 34.6 Å². The van der Waals surface area contributed by atoms with Crippen LogP contribution in [0.2, 0.25) is 0 Å². The average molecular weight is 893 g/mol. The summed E-state index contributed by atoms with van der Waals surface area (Å²) in [5, 5.41) is 0. The summed E-state index contributed by atoms with van der Waals surface area (Å²) < 4.78 is 102. The van der Waals surface area contributed by atoms with E-state index in [9.17, 15) is 28.4 Å². The molecule has 1 unspecified atom stereocenters. The number of phosphoric acid groups is 1. The van der Waals surface area contributed by atoms with Crippen LogP contribution in [0.5, 0.6) is 5.75 Å². The van der Waals surface area contributed by atoms with E-state index in [2.05, 4.69) is 15.0 Å². The van der Waals surface area contributed by atoms with E-state index in [0.29, 0.717) is 22.5 Å². The van der Waals surface area contributed by atoms with Crippen LogP contribution in [0.25, 0.3) is 11.2 Å². The van der Waals surface area contributed by atoms with Crippen LogP contribution in [0, 0.1) is 13.8 Å². The summed E-state index contributed by atoms with van der Waals surface area (Å²) >= 11 is 0.597. The van der Waals surface area contributed by atoms with Crippen LogP contribution in [0.3, 0.4) is 0 Å². The van der Waals surface area contributed by atoms with Crippen molar-refractivity contribution in [2.75, 3.05) is 18.9 Å². The monoisotopic (exact) mass is 892 g/mol. The van der Waals surface area contributed by atoms with Crippen LogP contribution in [-0.4, -0.2) is 103 Å². The fraction of sp³-hybridized carbons (Fsp3) is 0.389. The zero-order valence-electron chi connectivity index (χ0n) is 31.5. The lowest BCUT2D eigenvalue weighted by molar-refractivity contribution is -0.148. The maximum atomic E-state index is 16.7. The number of nitrogen functional groups attached to an aromatic ring is 1. The van der Waals surface area contributed by atoms with Gasteiger partial charge in [0, 0.05) is 12.0 Å². The first-order chi connectivity index (χ1) is 28.6. The first kappa shape index (κ1) is 42.2. The van der Waals surface area contributed by atoms with Crippen molar-refractivity contribution in [1.29, 1.82) is 0 Å². The molecule has 0 saturated carbocycles. The van der Waals surface area contributed by atoms with E-state index in [1.165, 1.54) is 23.0 Å². The molecule has 60 heavy (non-hydrogen) atoms. The Hall–Kier alpha value is -4.47. The lowest BCUT2D eigenvalue weighted by Gasteiger charge is -2.31. The molecular weight excluding hydrogens is 856 g/mol. The van der Waals surface area contributed by atoms with Gasteiger partial charge in [0.2, 0.25) is 5.91 Å². The molecule has 3 N–H and O–H groups in total. The number of amides is 1. The maximum absolute atomic E-state index is 16.7. The zero-order chi connectivity index (χ0) is 42.5. The smallest absolute Gasteiger partial charge is 0.423 e. The Morgan fingerprint density at radius 1 is 0.967 bits per heavy atom. The van der Waals surface area contributed by atoms with Gasteiger partial charge >= 0.3 is 20.6 Å². The predicted molar refractivity (Wildman–Crippen MR) is 205 cm³/mol. The number of hydrogen-bond acceptors (Lipinski definition) is 17. The van der Waals surface area contributed by atoms with Gasteiger partial charge in [-0.25, -0.2) is 37.7 Å².